The molecule has 2 N–H and O–H groups in total. The number of aliphatic hydroxyl groups is 1. The minimum Gasteiger partial charge on any atom is -0.497 e. The average molecular weight is 440 g/mol. The lowest BCUT2D eigenvalue weighted by Crippen LogP contribution is -2.20. The molecule has 0 saturated heterocycles. The van der Waals surface area contributed by atoms with Crippen LogP contribution in [0.5, 0.6) is 17.2 Å². The molecule has 0 amide bonds. The van der Waals surface area contributed by atoms with E-state index in [1.54, 1.807) is 42.4 Å². The molecule has 0 aliphatic heterocycles. The summed E-state index contributed by atoms with van der Waals surface area (Å²) >= 11 is 5.88. The van der Waals surface area contributed by atoms with Crippen molar-refractivity contribution in [3.8, 4) is 17.2 Å². The number of ether oxygens (including phenoxy) is 2. The first-order chi connectivity index (χ1) is 15.1. The van der Waals surface area contributed by atoms with Gasteiger partial charge in [0.05, 0.1) is 26.5 Å². The van der Waals surface area contributed by atoms with Crippen molar-refractivity contribution in [1.29, 1.82) is 0 Å². The molecule has 1 aromatic carbocycles. The molecule has 0 radical (unpaired) electrons. The molecule has 0 aliphatic carbocycles. The molecule has 1 unspecified atom stereocenters. The standard InChI is InChI=1S/C22H22ClN5O3/c1-14(13-29)26-21-20-18(31-17-7-8-19(23)25-11-17)9-10-24-22(20)28(27-21)12-15-3-5-16(30-2)6-4-15/h3-11,14,29H,12-13H2,1-2H3,(H,26,27). The van der Waals surface area contributed by atoms with Crippen LogP contribution in [0.15, 0.2) is 54.9 Å². The zero-order valence-corrected chi connectivity index (χ0v) is 17.9. The van der Waals surface area contributed by atoms with Crippen molar-refractivity contribution < 1.29 is 14.6 Å². The average Bonchev–Trinajstić information content (AvgIpc) is 3.13. The minimum atomic E-state index is -0.196. The van der Waals surface area contributed by atoms with Gasteiger partial charge in [0.25, 0.3) is 0 Å². The number of hydrogen-bond acceptors (Lipinski definition) is 7. The number of hydrogen-bond donors (Lipinski definition) is 2. The SMILES string of the molecule is COc1ccc(Cn2nc(NC(C)CO)c3c(Oc4ccc(Cl)nc4)ccnc32)cc1. The number of nitrogens with zero attached hydrogens (tertiary/aromatic N) is 4. The summed E-state index contributed by atoms with van der Waals surface area (Å²) in [7, 11) is 1.64. The van der Waals surface area contributed by atoms with Crippen LogP contribution >= 0.6 is 11.6 Å². The van der Waals surface area contributed by atoms with Crippen LogP contribution in [0.4, 0.5) is 5.82 Å². The molecule has 4 aromatic rings. The lowest BCUT2D eigenvalue weighted by atomic mass is 10.2. The van der Waals surface area contributed by atoms with E-state index in [0.29, 0.717) is 40.0 Å². The van der Waals surface area contributed by atoms with Gasteiger partial charge in [-0.3, -0.25) is 0 Å². The van der Waals surface area contributed by atoms with Crippen LogP contribution in [0.25, 0.3) is 11.0 Å². The molecule has 31 heavy (non-hydrogen) atoms. The molecular weight excluding hydrogens is 418 g/mol. The quantitative estimate of drug-likeness (QED) is 0.399. The highest BCUT2D eigenvalue weighted by Crippen LogP contribution is 2.34. The summed E-state index contributed by atoms with van der Waals surface area (Å²) < 4.78 is 13.1. The van der Waals surface area contributed by atoms with Crippen molar-refractivity contribution in [1.82, 2.24) is 19.7 Å². The van der Waals surface area contributed by atoms with Crippen molar-refractivity contribution >= 4 is 28.5 Å². The van der Waals surface area contributed by atoms with Crippen molar-refractivity contribution in [2.24, 2.45) is 0 Å². The number of rotatable bonds is 8. The third-order valence-electron chi connectivity index (χ3n) is 4.67. The number of benzene rings is 1. The van der Waals surface area contributed by atoms with Crippen LogP contribution in [-0.2, 0) is 6.54 Å². The summed E-state index contributed by atoms with van der Waals surface area (Å²) in [6, 6.07) is 12.8. The Bertz CT molecular complexity index is 1160. The summed E-state index contributed by atoms with van der Waals surface area (Å²) in [4.78, 5) is 8.60. The molecule has 160 valence electrons. The second kappa shape index (κ2) is 9.20. The Morgan fingerprint density at radius 1 is 1.10 bits per heavy atom. The van der Waals surface area contributed by atoms with Crippen molar-refractivity contribution in [2.75, 3.05) is 19.0 Å². The van der Waals surface area contributed by atoms with Gasteiger partial charge in [0.1, 0.15) is 27.8 Å². The highest BCUT2D eigenvalue weighted by molar-refractivity contribution is 6.29. The molecule has 8 nitrogen and oxygen atoms in total. The van der Waals surface area contributed by atoms with Crippen molar-refractivity contribution in [2.45, 2.75) is 19.5 Å². The first-order valence-electron chi connectivity index (χ1n) is 9.72. The second-order valence-electron chi connectivity index (χ2n) is 7.01. The van der Waals surface area contributed by atoms with Crippen molar-refractivity contribution in [3.05, 3.63) is 65.6 Å². The molecule has 0 spiro atoms. The third-order valence-corrected chi connectivity index (χ3v) is 4.89. The summed E-state index contributed by atoms with van der Waals surface area (Å²) in [6.07, 6.45) is 3.23. The fourth-order valence-corrected chi connectivity index (χ4v) is 3.21. The molecule has 0 saturated carbocycles. The summed E-state index contributed by atoms with van der Waals surface area (Å²) in [6.45, 7) is 2.34. The van der Waals surface area contributed by atoms with Crippen LogP contribution in [0, 0.1) is 0 Å². The van der Waals surface area contributed by atoms with Crippen LogP contribution in [0.1, 0.15) is 12.5 Å². The van der Waals surface area contributed by atoms with E-state index in [-0.39, 0.29) is 12.6 Å². The predicted molar refractivity (Wildman–Crippen MR) is 119 cm³/mol. The van der Waals surface area contributed by atoms with Crippen LogP contribution < -0.4 is 14.8 Å². The van der Waals surface area contributed by atoms with E-state index in [0.717, 1.165) is 11.3 Å². The number of pyridine rings is 2. The van der Waals surface area contributed by atoms with E-state index in [2.05, 4.69) is 15.3 Å². The van der Waals surface area contributed by atoms with E-state index in [9.17, 15) is 5.11 Å². The van der Waals surface area contributed by atoms with Crippen molar-refractivity contribution in [3.63, 3.8) is 0 Å². The number of nitrogens with one attached hydrogen (secondary N) is 1. The van der Waals surface area contributed by atoms with Gasteiger partial charge in [-0.2, -0.15) is 5.10 Å². The number of aromatic nitrogens is 4. The van der Waals surface area contributed by atoms with Gasteiger partial charge < -0.3 is 19.9 Å². The lowest BCUT2D eigenvalue weighted by Gasteiger charge is -2.11. The molecule has 9 heteroatoms. The van der Waals surface area contributed by atoms with E-state index in [4.69, 9.17) is 26.2 Å². The molecule has 1 atom stereocenters. The van der Waals surface area contributed by atoms with E-state index >= 15 is 0 Å². The Hall–Kier alpha value is -3.36. The predicted octanol–water partition coefficient (Wildman–Crippen LogP) is 4.12. The fourth-order valence-electron chi connectivity index (χ4n) is 3.10. The maximum absolute atomic E-state index is 9.51. The largest absolute Gasteiger partial charge is 0.497 e. The number of fused-ring (bicyclic) bond motifs is 1. The minimum absolute atomic E-state index is 0.0373. The lowest BCUT2D eigenvalue weighted by molar-refractivity contribution is 0.281. The fraction of sp³-hybridized carbons (Fsp3) is 0.227. The number of halogens is 1. The molecule has 0 aliphatic rings. The van der Waals surface area contributed by atoms with Crippen LogP contribution in [-0.4, -0.2) is 44.6 Å². The first-order valence-corrected chi connectivity index (χ1v) is 10.1. The molecule has 4 rings (SSSR count). The van der Waals surface area contributed by atoms with E-state index in [1.165, 1.54) is 0 Å². The molecule has 3 heterocycles. The molecule has 0 bridgehead atoms. The third kappa shape index (κ3) is 4.70. The van der Waals surface area contributed by atoms with Gasteiger partial charge in [-0.25, -0.2) is 14.6 Å². The zero-order valence-electron chi connectivity index (χ0n) is 17.1. The van der Waals surface area contributed by atoms with Gasteiger partial charge in [-0.05, 0) is 36.8 Å². The second-order valence-corrected chi connectivity index (χ2v) is 7.40. The highest BCUT2D eigenvalue weighted by Gasteiger charge is 2.19. The summed E-state index contributed by atoms with van der Waals surface area (Å²) in [5.41, 5.74) is 1.70. The molecular formula is C22H22ClN5O3. The Morgan fingerprint density at radius 2 is 1.87 bits per heavy atom. The monoisotopic (exact) mass is 439 g/mol. The summed E-state index contributed by atoms with van der Waals surface area (Å²) in [5.74, 6) is 2.48. The number of anilines is 1. The van der Waals surface area contributed by atoms with E-state index in [1.807, 2.05) is 31.2 Å². The van der Waals surface area contributed by atoms with Gasteiger partial charge in [0.2, 0.25) is 0 Å². The Kier molecular flexibility index (Phi) is 6.20. The maximum atomic E-state index is 9.51. The van der Waals surface area contributed by atoms with Gasteiger partial charge in [-0.15, -0.1) is 0 Å². The Balaban J connectivity index is 1.75. The topological polar surface area (TPSA) is 94.3 Å². The Morgan fingerprint density at radius 3 is 2.55 bits per heavy atom. The van der Waals surface area contributed by atoms with E-state index < -0.39 is 0 Å². The number of methoxy groups -OCH3 is 1. The smallest absolute Gasteiger partial charge is 0.164 e. The summed E-state index contributed by atoms with van der Waals surface area (Å²) in [5, 5.41) is 18.6. The van der Waals surface area contributed by atoms with Crippen LogP contribution in [0.2, 0.25) is 5.15 Å². The molecule has 0 fully saturated rings. The van der Waals surface area contributed by atoms with Gasteiger partial charge >= 0.3 is 0 Å². The maximum Gasteiger partial charge on any atom is 0.164 e. The van der Waals surface area contributed by atoms with Gasteiger partial charge in [-0.1, -0.05) is 23.7 Å². The number of aliphatic hydroxyl groups excluding tert-OH is 1. The van der Waals surface area contributed by atoms with Gasteiger partial charge in [0, 0.05) is 18.3 Å². The molecule has 3 aromatic heterocycles. The first kappa shape index (κ1) is 20.9. The van der Waals surface area contributed by atoms with Crippen LogP contribution in [0.3, 0.4) is 0 Å². The Labute approximate surface area is 184 Å². The highest BCUT2D eigenvalue weighted by atomic mass is 35.5. The normalized spacial score (nSPS) is 12.0. The zero-order chi connectivity index (χ0) is 21.8. The van der Waals surface area contributed by atoms with Gasteiger partial charge in [0.15, 0.2) is 11.5 Å².